The topological polar surface area (TPSA) is 35.5 Å². The first kappa shape index (κ1) is 18.2. The van der Waals surface area contributed by atoms with Crippen LogP contribution in [0.5, 0.6) is 5.75 Å². The molecule has 0 aliphatic heterocycles. The number of hydrogen-bond donors (Lipinski definition) is 0. The number of carbonyl (C=O) groups excluding carboxylic acids is 1. The van der Waals surface area contributed by atoms with Crippen molar-refractivity contribution < 1.29 is 18.7 Å². The molecule has 0 aliphatic carbocycles. The number of allylic oxidation sites excluding steroid dienone is 1. The molecule has 4 heteroatoms. The van der Waals surface area contributed by atoms with Gasteiger partial charge in [0.1, 0.15) is 11.9 Å². The number of alkyl halides is 1. The monoisotopic (exact) mass is 308 g/mol. The minimum absolute atomic E-state index is 0.240. The van der Waals surface area contributed by atoms with Crippen LogP contribution >= 0.6 is 0 Å². The van der Waals surface area contributed by atoms with Crippen molar-refractivity contribution in [3.05, 3.63) is 40.0 Å². The smallest absolute Gasteiger partial charge is 0.330 e. The number of halogens is 1. The molecule has 0 saturated carbocycles. The van der Waals surface area contributed by atoms with Crippen molar-refractivity contribution in [2.45, 2.75) is 47.2 Å². The molecule has 3 nitrogen and oxygen atoms in total. The standard InChI is InChI=1S/C18H25FO3/c1-7-22-18(20)9-12(3)16(19)10-15-11(2)8-17(21-6)14(5)13(15)4/h8-9,16H,7,10H2,1-6H3. The molecule has 122 valence electrons. The van der Waals surface area contributed by atoms with Crippen molar-refractivity contribution in [3.63, 3.8) is 0 Å². The Morgan fingerprint density at radius 1 is 1.32 bits per heavy atom. The Morgan fingerprint density at radius 2 is 1.95 bits per heavy atom. The summed E-state index contributed by atoms with van der Waals surface area (Å²) in [6, 6.07) is 1.93. The summed E-state index contributed by atoms with van der Waals surface area (Å²) in [6.07, 6.45) is 0.258. The van der Waals surface area contributed by atoms with E-state index in [-0.39, 0.29) is 13.0 Å². The summed E-state index contributed by atoms with van der Waals surface area (Å²) in [5.74, 6) is 0.315. The Morgan fingerprint density at radius 3 is 2.50 bits per heavy atom. The van der Waals surface area contributed by atoms with Crippen LogP contribution in [0, 0.1) is 20.8 Å². The van der Waals surface area contributed by atoms with Crippen molar-refractivity contribution in [2.24, 2.45) is 0 Å². The van der Waals surface area contributed by atoms with E-state index in [2.05, 4.69) is 0 Å². The lowest BCUT2D eigenvalue weighted by Crippen LogP contribution is -2.12. The highest BCUT2D eigenvalue weighted by Crippen LogP contribution is 2.29. The van der Waals surface area contributed by atoms with Crippen molar-refractivity contribution in [1.29, 1.82) is 0 Å². The van der Waals surface area contributed by atoms with Crippen LogP contribution < -0.4 is 4.74 Å². The fourth-order valence-electron chi connectivity index (χ4n) is 2.43. The summed E-state index contributed by atoms with van der Waals surface area (Å²) in [5, 5.41) is 0. The molecule has 0 bridgehead atoms. The van der Waals surface area contributed by atoms with Crippen molar-refractivity contribution in [3.8, 4) is 5.75 Å². The van der Waals surface area contributed by atoms with E-state index in [0.29, 0.717) is 5.57 Å². The van der Waals surface area contributed by atoms with Gasteiger partial charge >= 0.3 is 5.97 Å². The fraction of sp³-hybridized carbons (Fsp3) is 0.500. The summed E-state index contributed by atoms with van der Waals surface area (Å²) in [6.45, 7) is 9.50. The van der Waals surface area contributed by atoms with E-state index in [1.807, 2.05) is 26.8 Å². The Bertz CT molecular complexity index is 576. The largest absolute Gasteiger partial charge is 0.496 e. The predicted molar refractivity (Wildman–Crippen MR) is 86.2 cm³/mol. The van der Waals surface area contributed by atoms with E-state index >= 15 is 0 Å². The molecule has 0 heterocycles. The average molecular weight is 308 g/mol. The third-order valence-electron chi connectivity index (χ3n) is 3.94. The second-order valence-electron chi connectivity index (χ2n) is 5.44. The fourth-order valence-corrected chi connectivity index (χ4v) is 2.43. The van der Waals surface area contributed by atoms with Crippen LogP contribution in [0.2, 0.25) is 0 Å². The van der Waals surface area contributed by atoms with Crippen molar-refractivity contribution in [1.82, 2.24) is 0 Å². The highest BCUT2D eigenvalue weighted by molar-refractivity contribution is 5.82. The number of rotatable bonds is 6. The lowest BCUT2D eigenvalue weighted by atomic mass is 9.92. The third kappa shape index (κ3) is 4.33. The molecule has 0 aliphatic rings. The Balaban J connectivity index is 3.00. The molecule has 1 unspecified atom stereocenters. The van der Waals surface area contributed by atoms with E-state index in [4.69, 9.17) is 9.47 Å². The molecule has 22 heavy (non-hydrogen) atoms. The SMILES string of the molecule is CCOC(=O)C=C(C)C(F)Cc1c(C)cc(OC)c(C)c1C. The molecule has 0 amide bonds. The van der Waals surface area contributed by atoms with Crippen LogP contribution in [0.3, 0.4) is 0 Å². The number of hydrogen-bond acceptors (Lipinski definition) is 3. The molecule has 0 radical (unpaired) electrons. The van der Waals surface area contributed by atoms with E-state index in [1.165, 1.54) is 6.08 Å². The second kappa shape index (κ2) is 7.97. The Labute approximate surface area is 132 Å². The highest BCUT2D eigenvalue weighted by atomic mass is 19.1. The van der Waals surface area contributed by atoms with Gasteiger partial charge in [-0.1, -0.05) is 0 Å². The first-order valence-corrected chi connectivity index (χ1v) is 7.44. The van der Waals surface area contributed by atoms with E-state index in [1.54, 1.807) is 21.0 Å². The van der Waals surface area contributed by atoms with Crippen LogP contribution in [-0.2, 0) is 16.0 Å². The molecule has 0 saturated heterocycles. The van der Waals surface area contributed by atoms with Crippen LogP contribution in [0.1, 0.15) is 36.1 Å². The van der Waals surface area contributed by atoms with Gasteiger partial charge in [-0.3, -0.25) is 0 Å². The molecule has 1 aromatic carbocycles. The molecule has 0 aromatic heterocycles. The van der Waals surface area contributed by atoms with E-state index in [9.17, 15) is 9.18 Å². The van der Waals surface area contributed by atoms with Gasteiger partial charge in [-0.15, -0.1) is 0 Å². The lowest BCUT2D eigenvalue weighted by molar-refractivity contribution is -0.137. The molecule has 0 N–H and O–H groups in total. The minimum Gasteiger partial charge on any atom is -0.496 e. The molecule has 1 rings (SSSR count). The Hall–Kier alpha value is -1.84. The first-order valence-electron chi connectivity index (χ1n) is 7.44. The van der Waals surface area contributed by atoms with Gasteiger partial charge in [0.25, 0.3) is 0 Å². The Kier molecular flexibility index (Phi) is 6.60. The van der Waals surface area contributed by atoms with Gasteiger partial charge in [0, 0.05) is 12.5 Å². The van der Waals surface area contributed by atoms with Crippen LogP contribution in [-0.4, -0.2) is 25.9 Å². The summed E-state index contributed by atoms with van der Waals surface area (Å²) in [7, 11) is 1.63. The number of aryl methyl sites for hydroxylation is 1. The van der Waals surface area contributed by atoms with Crippen LogP contribution in [0.25, 0.3) is 0 Å². The molecule has 1 atom stereocenters. The van der Waals surface area contributed by atoms with Gasteiger partial charge in [-0.05, 0) is 68.5 Å². The van der Waals surface area contributed by atoms with Crippen LogP contribution in [0.4, 0.5) is 4.39 Å². The van der Waals surface area contributed by atoms with Gasteiger partial charge in [-0.25, -0.2) is 9.18 Å². The van der Waals surface area contributed by atoms with E-state index in [0.717, 1.165) is 28.0 Å². The van der Waals surface area contributed by atoms with Crippen molar-refractivity contribution in [2.75, 3.05) is 13.7 Å². The van der Waals surface area contributed by atoms with Crippen molar-refractivity contribution >= 4 is 5.97 Å². The van der Waals surface area contributed by atoms with Gasteiger partial charge in [0.15, 0.2) is 0 Å². The zero-order chi connectivity index (χ0) is 16.9. The number of carbonyl (C=O) groups is 1. The number of methoxy groups -OCH3 is 1. The maximum Gasteiger partial charge on any atom is 0.330 e. The maximum absolute atomic E-state index is 14.4. The van der Waals surface area contributed by atoms with Gasteiger partial charge in [-0.2, -0.15) is 0 Å². The highest BCUT2D eigenvalue weighted by Gasteiger charge is 2.17. The lowest BCUT2D eigenvalue weighted by Gasteiger charge is -2.18. The third-order valence-corrected chi connectivity index (χ3v) is 3.94. The maximum atomic E-state index is 14.4. The number of ether oxygens (including phenoxy) is 2. The van der Waals surface area contributed by atoms with Gasteiger partial charge in [0.2, 0.25) is 0 Å². The minimum atomic E-state index is -1.21. The number of esters is 1. The van der Waals surface area contributed by atoms with Crippen LogP contribution in [0.15, 0.2) is 17.7 Å². The molecule has 0 spiro atoms. The summed E-state index contributed by atoms with van der Waals surface area (Å²) in [5.41, 5.74) is 4.38. The normalized spacial score (nSPS) is 13.0. The molecule has 1 aromatic rings. The molecular weight excluding hydrogens is 283 g/mol. The predicted octanol–water partition coefficient (Wildman–Crippen LogP) is 4.01. The quantitative estimate of drug-likeness (QED) is 0.588. The van der Waals surface area contributed by atoms with Gasteiger partial charge < -0.3 is 9.47 Å². The summed E-state index contributed by atoms with van der Waals surface area (Å²) >= 11 is 0. The zero-order valence-corrected chi connectivity index (χ0v) is 14.2. The summed E-state index contributed by atoms with van der Waals surface area (Å²) < 4.78 is 24.6. The molecule has 0 fully saturated rings. The second-order valence-corrected chi connectivity index (χ2v) is 5.44. The zero-order valence-electron chi connectivity index (χ0n) is 14.2. The molecular formula is C18H25FO3. The average Bonchev–Trinajstić information content (AvgIpc) is 2.47. The van der Waals surface area contributed by atoms with E-state index < -0.39 is 12.1 Å². The van der Waals surface area contributed by atoms with Gasteiger partial charge in [0.05, 0.1) is 13.7 Å². The number of benzene rings is 1. The summed E-state index contributed by atoms with van der Waals surface area (Å²) in [4.78, 5) is 11.4. The first-order chi connectivity index (χ1) is 10.3.